The van der Waals surface area contributed by atoms with Gasteiger partial charge in [0.25, 0.3) is 0 Å². The van der Waals surface area contributed by atoms with Crippen molar-refractivity contribution in [3.63, 3.8) is 0 Å². The van der Waals surface area contributed by atoms with Crippen molar-refractivity contribution in [2.75, 3.05) is 39.6 Å². The lowest BCUT2D eigenvalue weighted by molar-refractivity contribution is 0.259. The summed E-state index contributed by atoms with van der Waals surface area (Å²) in [7, 11) is 1.83. The van der Waals surface area contributed by atoms with Crippen LogP contribution in [0.5, 0.6) is 5.75 Å². The average Bonchev–Trinajstić information content (AvgIpc) is 2.80. The lowest BCUT2D eigenvalue weighted by Crippen LogP contribution is -2.28. The first-order chi connectivity index (χ1) is 16.2. The van der Waals surface area contributed by atoms with Gasteiger partial charge in [-0.1, -0.05) is 36.4 Å². The Morgan fingerprint density at radius 3 is 2.38 bits per heavy atom. The molecule has 0 aliphatic heterocycles. The molecule has 0 bridgehead atoms. The van der Waals surface area contributed by atoms with E-state index < -0.39 is 10.0 Å². The van der Waals surface area contributed by atoms with Crippen molar-refractivity contribution in [2.45, 2.75) is 31.8 Å². The largest absolute Gasteiger partial charge is 0.492 e. The van der Waals surface area contributed by atoms with Crippen LogP contribution in [-0.2, 0) is 23.1 Å². The first-order valence-electron chi connectivity index (χ1n) is 11.2. The number of sulfonamides is 1. The zero-order valence-electron chi connectivity index (χ0n) is 20.6. The van der Waals surface area contributed by atoms with Crippen LogP contribution in [0.2, 0.25) is 0 Å². The predicted octanol–water partition coefficient (Wildman–Crippen LogP) is 4.07. The molecule has 0 saturated heterocycles. The monoisotopic (exact) mass is 482 g/mol. The van der Waals surface area contributed by atoms with Crippen molar-refractivity contribution in [2.24, 2.45) is 0 Å². The standard InChI is InChI=1S/C26H34N4O3S/c1-20-9-8-10-21(2)23(20)19-30(5)34(31,32)26-18-27-14-13-24(26)28-17-22-11-6-7-12-25(22)33-16-15-29(3)4/h6-14,18H,15-17,19H2,1-5H3,(H,27,28). The maximum absolute atomic E-state index is 13.5. The number of rotatable bonds is 11. The number of aromatic nitrogens is 1. The minimum atomic E-state index is -3.77. The van der Waals surface area contributed by atoms with Gasteiger partial charge in [0.05, 0.1) is 5.69 Å². The van der Waals surface area contributed by atoms with Crippen LogP contribution in [-0.4, -0.2) is 56.9 Å². The molecule has 0 atom stereocenters. The number of benzene rings is 2. The molecule has 7 nitrogen and oxygen atoms in total. The van der Waals surface area contributed by atoms with Crippen molar-refractivity contribution < 1.29 is 13.2 Å². The van der Waals surface area contributed by atoms with Crippen molar-refractivity contribution in [1.82, 2.24) is 14.2 Å². The molecule has 8 heteroatoms. The van der Waals surface area contributed by atoms with Gasteiger partial charge in [-0.3, -0.25) is 4.98 Å². The van der Waals surface area contributed by atoms with Gasteiger partial charge < -0.3 is 15.0 Å². The van der Waals surface area contributed by atoms with Gasteiger partial charge in [0.2, 0.25) is 10.0 Å². The summed E-state index contributed by atoms with van der Waals surface area (Å²) < 4.78 is 34.3. The van der Waals surface area contributed by atoms with Crippen molar-refractivity contribution in [1.29, 1.82) is 0 Å². The van der Waals surface area contributed by atoms with E-state index in [9.17, 15) is 8.42 Å². The Morgan fingerprint density at radius 1 is 0.971 bits per heavy atom. The van der Waals surface area contributed by atoms with E-state index in [2.05, 4.69) is 15.2 Å². The van der Waals surface area contributed by atoms with E-state index in [1.54, 1.807) is 19.3 Å². The van der Waals surface area contributed by atoms with E-state index in [1.807, 2.05) is 70.4 Å². The lowest BCUT2D eigenvalue weighted by Gasteiger charge is -2.21. The second-order valence-corrected chi connectivity index (χ2v) is 10.6. The summed E-state index contributed by atoms with van der Waals surface area (Å²) in [5, 5.41) is 3.28. The van der Waals surface area contributed by atoms with E-state index in [-0.39, 0.29) is 11.4 Å². The highest BCUT2D eigenvalue weighted by Gasteiger charge is 2.25. The van der Waals surface area contributed by atoms with Gasteiger partial charge in [-0.05, 0) is 56.8 Å². The molecule has 182 valence electrons. The molecular formula is C26H34N4O3S. The number of anilines is 1. The van der Waals surface area contributed by atoms with E-state index >= 15 is 0 Å². The first-order valence-corrected chi connectivity index (χ1v) is 12.7. The minimum absolute atomic E-state index is 0.148. The van der Waals surface area contributed by atoms with Crippen LogP contribution < -0.4 is 10.1 Å². The Bertz CT molecular complexity index is 1190. The van der Waals surface area contributed by atoms with E-state index in [0.717, 1.165) is 34.5 Å². The summed E-state index contributed by atoms with van der Waals surface area (Å²) in [4.78, 5) is 6.30. The number of hydrogen-bond acceptors (Lipinski definition) is 6. The molecule has 0 spiro atoms. The molecule has 1 aromatic heterocycles. The quantitative estimate of drug-likeness (QED) is 0.444. The summed E-state index contributed by atoms with van der Waals surface area (Å²) in [6.45, 7) is 6.09. The third-order valence-electron chi connectivity index (χ3n) is 5.74. The fourth-order valence-electron chi connectivity index (χ4n) is 3.62. The van der Waals surface area contributed by atoms with Crippen LogP contribution in [0, 0.1) is 13.8 Å². The second-order valence-electron chi connectivity index (χ2n) is 8.62. The Hall–Kier alpha value is -2.94. The van der Waals surface area contributed by atoms with Crippen LogP contribution in [0.15, 0.2) is 65.8 Å². The van der Waals surface area contributed by atoms with Gasteiger partial charge in [-0.25, -0.2) is 8.42 Å². The number of para-hydroxylation sites is 1. The molecule has 0 aliphatic carbocycles. The Morgan fingerprint density at radius 2 is 1.68 bits per heavy atom. The lowest BCUT2D eigenvalue weighted by atomic mass is 10.0. The number of nitrogens with zero attached hydrogens (tertiary/aromatic N) is 3. The minimum Gasteiger partial charge on any atom is -0.492 e. The summed E-state index contributed by atoms with van der Waals surface area (Å²) in [6.07, 6.45) is 2.99. The molecule has 1 heterocycles. The van der Waals surface area contributed by atoms with Gasteiger partial charge in [-0.15, -0.1) is 0 Å². The van der Waals surface area contributed by atoms with E-state index in [0.29, 0.717) is 18.8 Å². The number of pyridine rings is 1. The number of nitrogens with one attached hydrogen (secondary N) is 1. The van der Waals surface area contributed by atoms with Gasteiger partial charge in [-0.2, -0.15) is 4.31 Å². The average molecular weight is 483 g/mol. The zero-order valence-corrected chi connectivity index (χ0v) is 21.4. The summed E-state index contributed by atoms with van der Waals surface area (Å²) in [5.41, 5.74) is 4.60. The maximum atomic E-state index is 13.5. The molecule has 34 heavy (non-hydrogen) atoms. The van der Waals surface area contributed by atoms with Gasteiger partial charge in [0.15, 0.2) is 0 Å². The highest BCUT2D eigenvalue weighted by atomic mass is 32.2. The zero-order chi connectivity index (χ0) is 24.7. The number of hydrogen-bond donors (Lipinski definition) is 1. The molecule has 3 rings (SSSR count). The first kappa shape index (κ1) is 25.7. The highest BCUT2D eigenvalue weighted by molar-refractivity contribution is 7.89. The fourth-order valence-corrected chi connectivity index (χ4v) is 4.87. The number of aryl methyl sites for hydroxylation is 2. The number of ether oxygens (including phenoxy) is 1. The SMILES string of the molecule is Cc1cccc(C)c1CN(C)S(=O)(=O)c1cnccc1NCc1ccccc1OCCN(C)C. The summed E-state index contributed by atoms with van der Waals surface area (Å²) in [5.74, 6) is 0.780. The molecule has 0 amide bonds. The Balaban J connectivity index is 1.79. The Kier molecular flexibility index (Phi) is 8.66. The topological polar surface area (TPSA) is 74.8 Å². The fraction of sp³-hybridized carbons (Fsp3) is 0.346. The number of likely N-dealkylation sites (N-methyl/N-ethyl adjacent to an activating group) is 1. The molecule has 3 aromatic rings. The van der Waals surface area contributed by atoms with Crippen LogP contribution in [0.1, 0.15) is 22.3 Å². The molecular weight excluding hydrogens is 448 g/mol. The molecule has 0 saturated carbocycles. The summed E-state index contributed by atoms with van der Waals surface area (Å²) in [6, 6.07) is 15.4. The van der Waals surface area contributed by atoms with Crippen molar-refractivity contribution >= 4 is 15.7 Å². The third kappa shape index (κ3) is 6.34. The van der Waals surface area contributed by atoms with Crippen LogP contribution in [0.25, 0.3) is 0 Å². The molecule has 0 fully saturated rings. The normalized spacial score (nSPS) is 11.7. The highest BCUT2D eigenvalue weighted by Crippen LogP contribution is 2.27. The smallest absolute Gasteiger partial charge is 0.246 e. The van der Waals surface area contributed by atoms with E-state index in [4.69, 9.17) is 4.74 Å². The van der Waals surface area contributed by atoms with Crippen molar-refractivity contribution in [3.8, 4) is 5.75 Å². The van der Waals surface area contributed by atoms with Crippen LogP contribution in [0.4, 0.5) is 5.69 Å². The Labute approximate surface area is 203 Å². The second kappa shape index (κ2) is 11.5. The van der Waals surface area contributed by atoms with E-state index in [1.165, 1.54) is 10.5 Å². The predicted molar refractivity (Wildman–Crippen MR) is 137 cm³/mol. The van der Waals surface area contributed by atoms with Gasteiger partial charge >= 0.3 is 0 Å². The van der Waals surface area contributed by atoms with Gasteiger partial charge in [0, 0.05) is 44.6 Å². The molecule has 0 unspecified atom stereocenters. The molecule has 0 aliphatic rings. The molecule has 2 aromatic carbocycles. The van der Waals surface area contributed by atoms with Gasteiger partial charge in [0.1, 0.15) is 17.3 Å². The molecule has 0 radical (unpaired) electrons. The van der Waals surface area contributed by atoms with Crippen LogP contribution >= 0.6 is 0 Å². The molecule has 1 N–H and O–H groups in total. The maximum Gasteiger partial charge on any atom is 0.246 e. The third-order valence-corrected chi connectivity index (χ3v) is 7.57. The summed E-state index contributed by atoms with van der Waals surface area (Å²) >= 11 is 0. The van der Waals surface area contributed by atoms with Crippen molar-refractivity contribution in [3.05, 3.63) is 83.2 Å². The van der Waals surface area contributed by atoms with Crippen LogP contribution in [0.3, 0.4) is 0 Å².